The average molecular weight is 383 g/mol. The normalized spacial score (nSPS) is 15.9. The number of hydrogen-bond acceptors (Lipinski definition) is 4. The van der Waals surface area contributed by atoms with E-state index in [2.05, 4.69) is 12.2 Å². The second-order valence-corrected chi connectivity index (χ2v) is 8.69. The van der Waals surface area contributed by atoms with Gasteiger partial charge in [0, 0.05) is 24.3 Å². The summed E-state index contributed by atoms with van der Waals surface area (Å²) in [6, 6.07) is 14.5. The Morgan fingerprint density at radius 1 is 1.07 bits per heavy atom. The van der Waals surface area contributed by atoms with Gasteiger partial charge < -0.3 is 5.32 Å². The van der Waals surface area contributed by atoms with Crippen molar-refractivity contribution in [3.63, 3.8) is 0 Å². The number of hydrogen-bond donors (Lipinski definition) is 1. The summed E-state index contributed by atoms with van der Waals surface area (Å²) in [6.07, 6.45) is 1.73. The molecule has 7 heteroatoms. The molecule has 6 nitrogen and oxygen atoms in total. The van der Waals surface area contributed by atoms with Crippen molar-refractivity contribution in [3.8, 4) is 6.07 Å². The molecule has 2 aromatic carbocycles. The van der Waals surface area contributed by atoms with Crippen LogP contribution in [0.1, 0.15) is 35.7 Å². The van der Waals surface area contributed by atoms with E-state index in [4.69, 9.17) is 5.26 Å². The van der Waals surface area contributed by atoms with Gasteiger partial charge in [-0.2, -0.15) is 9.57 Å². The van der Waals surface area contributed by atoms with Gasteiger partial charge in [0.05, 0.1) is 16.5 Å². The van der Waals surface area contributed by atoms with Gasteiger partial charge in [0.1, 0.15) is 0 Å². The number of amides is 1. The molecule has 2 aromatic rings. The Balaban J connectivity index is 1.70. The summed E-state index contributed by atoms with van der Waals surface area (Å²) < 4.78 is 27.0. The molecule has 3 rings (SSSR count). The number of piperidine rings is 1. The van der Waals surface area contributed by atoms with E-state index in [0.717, 1.165) is 12.8 Å². The van der Waals surface area contributed by atoms with E-state index in [-0.39, 0.29) is 10.8 Å². The minimum Gasteiger partial charge on any atom is -0.322 e. The summed E-state index contributed by atoms with van der Waals surface area (Å²) in [6.45, 7) is 3.19. The Kier molecular flexibility index (Phi) is 5.59. The number of carbonyl (C=O) groups is 1. The Bertz CT molecular complexity index is 953. The van der Waals surface area contributed by atoms with Crippen LogP contribution in [-0.4, -0.2) is 31.7 Å². The van der Waals surface area contributed by atoms with Crippen LogP contribution in [-0.2, 0) is 10.0 Å². The first-order chi connectivity index (χ1) is 12.9. The predicted molar refractivity (Wildman–Crippen MR) is 103 cm³/mol. The third kappa shape index (κ3) is 4.35. The average Bonchev–Trinajstić information content (AvgIpc) is 2.69. The van der Waals surface area contributed by atoms with Crippen molar-refractivity contribution < 1.29 is 13.2 Å². The number of nitrogens with one attached hydrogen (secondary N) is 1. The number of sulfonamides is 1. The van der Waals surface area contributed by atoms with Crippen LogP contribution in [0.5, 0.6) is 0 Å². The Morgan fingerprint density at radius 2 is 1.67 bits per heavy atom. The van der Waals surface area contributed by atoms with Crippen molar-refractivity contribution in [2.45, 2.75) is 24.7 Å². The van der Waals surface area contributed by atoms with Gasteiger partial charge in [-0.3, -0.25) is 4.79 Å². The maximum atomic E-state index is 12.7. The lowest BCUT2D eigenvalue weighted by Gasteiger charge is -2.29. The summed E-state index contributed by atoms with van der Waals surface area (Å²) in [5.74, 6) is 0.209. The van der Waals surface area contributed by atoms with E-state index >= 15 is 0 Å². The molecule has 0 saturated carbocycles. The summed E-state index contributed by atoms with van der Waals surface area (Å²) in [5, 5.41) is 11.5. The van der Waals surface area contributed by atoms with E-state index in [0.29, 0.717) is 35.8 Å². The monoisotopic (exact) mass is 383 g/mol. The van der Waals surface area contributed by atoms with Crippen molar-refractivity contribution in [2.24, 2.45) is 5.92 Å². The quantitative estimate of drug-likeness (QED) is 0.878. The first-order valence-corrected chi connectivity index (χ1v) is 10.3. The summed E-state index contributed by atoms with van der Waals surface area (Å²) in [5.41, 5.74) is 1.44. The number of rotatable bonds is 4. The molecular weight excluding hydrogens is 362 g/mol. The number of anilines is 1. The van der Waals surface area contributed by atoms with Crippen molar-refractivity contribution in [1.82, 2.24) is 4.31 Å². The molecule has 1 saturated heterocycles. The fourth-order valence-electron chi connectivity index (χ4n) is 2.98. The molecule has 1 N–H and O–H groups in total. The van der Waals surface area contributed by atoms with E-state index in [1.54, 1.807) is 24.3 Å². The van der Waals surface area contributed by atoms with Gasteiger partial charge >= 0.3 is 0 Å². The lowest BCUT2D eigenvalue weighted by Crippen LogP contribution is -2.37. The van der Waals surface area contributed by atoms with E-state index < -0.39 is 10.0 Å². The van der Waals surface area contributed by atoms with Crippen LogP contribution < -0.4 is 5.32 Å². The number of nitrogens with zero attached hydrogens (tertiary/aromatic N) is 2. The zero-order valence-electron chi connectivity index (χ0n) is 15.1. The standard InChI is InChI=1S/C20H21N3O3S/c1-15-10-12-23(13-11-15)27(25,26)19-8-4-17(5-9-19)20(24)22-18-6-2-16(14-21)3-7-18/h2-9,15H,10-13H2,1H3,(H,22,24). The van der Waals surface area contributed by atoms with E-state index in [9.17, 15) is 13.2 Å². The van der Waals surface area contributed by atoms with Crippen LogP contribution in [0.2, 0.25) is 0 Å². The van der Waals surface area contributed by atoms with Crippen LogP contribution in [0.3, 0.4) is 0 Å². The van der Waals surface area contributed by atoms with Crippen molar-refractivity contribution in [1.29, 1.82) is 5.26 Å². The fourth-order valence-corrected chi connectivity index (χ4v) is 4.45. The van der Waals surface area contributed by atoms with Crippen LogP contribution in [0, 0.1) is 17.2 Å². The minimum absolute atomic E-state index is 0.201. The molecule has 0 bridgehead atoms. The number of nitriles is 1. The number of benzene rings is 2. The van der Waals surface area contributed by atoms with Crippen molar-refractivity contribution in [3.05, 3.63) is 59.7 Å². The molecule has 1 aliphatic rings. The summed E-state index contributed by atoms with van der Waals surface area (Å²) in [7, 11) is -3.52. The molecule has 1 aliphatic heterocycles. The van der Waals surface area contributed by atoms with E-state index in [1.807, 2.05) is 6.07 Å². The third-order valence-corrected chi connectivity index (χ3v) is 6.68. The molecule has 0 spiro atoms. The van der Waals surface area contributed by atoms with Crippen LogP contribution in [0.4, 0.5) is 5.69 Å². The van der Waals surface area contributed by atoms with Gasteiger partial charge in [0.2, 0.25) is 10.0 Å². The zero-order valence-corrected chi connectivity index (χ0v) is 15.9. The largest absolute Gasteiger partial charge is 0.322 e. The minimum atomic E-state index is -3.52. The highest BCUT2D eigenvalue weighted by molar-refractivity contribution is 7.89. The molecule has 1 amide bonds. The van der Waals surface area contributed by atoms with Gasteiger partial charge in [0.15, 0.2) is 0 Å². The van der Waals surface area contributed by atoms with Gasteiger partial charge in [0.25, 0.3) is 5.91 Å². The van der Waals surface area contributed by atoms with Gasteiger partial charge in [-0.25, -0.2) is 8.42 Å². The Morgan fingerprint density at radius 3 is 2.22 bits per heavy atom. The molecule has 0 atom stereocenters. The van der Waals surface area contributed by atoms with Gasteiger partial charge in [-0.05, 0) is 67.3 Å². The summed E-state index contributed by atoms with van der Waals surface area (Å²) >= 11 is 0. The highest BCUT2D eigenvalue weighted by Gasteiger charge is 2.28. The van der Waals surface area contributed by atoms with Crippen LogP contribution >= 0.6 is 0 Å². The lowest BCUT2D eigenvalue weighted by molar-refractivity contribution is 0.102. The highest BCUT2D eigenvalue weighted by Crippen LogP contribution is 2.23. The second kappa shape index (κ2) is 7.91. The molecule has 140 valence electrons. The second-order valence-electron chi connectivity index (χ2n) is 6.75. The van der Waals surface area contributed by atoms with Crippen LogP contribution in [0.25, 0.3) is 0 Å². The third-order valence-electron chi connectivity index (χ3n) is 4.77. The smallest absolute Gasteiger partial charge is 0.255 e. The first kappa shape index (κ1) is 19.1. The Labute approximate surface area is 159 Å². The molecule has 27 heavy (non-hydrogen) atoms. The maximum Gasteiger partial charge on any atom is 0.255 e. The van der Waals surface area contributed by atoms with E-state index in [1.165, 1.54) is 28.6 Å². The first-order valence-electron chi connectivity index (χ1n) is 8.82. The molecule has 1 heterocycles. The predicted octanol–water partition coefficient (Wildman–Crippen LogP) is 3.23. The molecule has 0 aliphatic carbocycles. The highest BCUT2D eigenvalue weighted by atomic mass is 32.2. The SMILES string of the molecule is CC1CCN(S(=O)(=O)c2ccc(C(=O)Nc3ccc(C#N)cc3)cc2)CC1. The molecule has 1 fully saturated rings. The van der Waals surface area contributed by atoms with Crippen molar-refractivity contribution in [2.75, 3.05) is 18.4 Å². The molecule has 0 aromatic heterocycles. The lowest BCUT2D eigenvalue weighted by atomic mass is 10.0. The maximum absolute atomic E-state index is 12.7. The summed E-state index contributed by atoms with van der Waals surface area (Å²) in [4.78, 5) is 12.5. The molecular formula is C20H21N3O3S. The van der Waals surface area contributed by atoms with Crippen LogP contribution in [0.15, 0.2) is 53.4 Å². The number of carbonyl (C=O) groups excluding carboxylic acids is 1. The zero-order chi connectivity index (χ0) is 19.4. The van der Waals surface area contributed by atoms with Gasteiger partial charge in [-0.15, -0.1) is 0 Å². The van der Waals surface area contributed by atoms with Gasteiger partial charge in [-0.1, -0.05) is 6.92 Å². The van der Waals surface area contributed by atoms with Crippen molar-refractivity contribution >= 4 is 21.6 Å². The topological polar surface area (TPSA) is 90.3 Å². The fraction of sp³-hybridized carbons (Fsp3) is 0.300. The molecule has 0 radical (unpaired) electrons. The Hall–Kier alpha value is -2.69. The molecule has 0 unspecified atom stereocenters.